The van der Waals surface area contributed by atoms with Gasteiger partial charge in [-0.25, -0.2) is 0 Å². The summed E-state index contributed by atoms with van der Waals surface area (Å²) in [6.45, 7) is 3.35. The number of nitrogens with zero attached hydrogens (tertiary/aromatic N) is 2. The lowest BCUT2D eigenvalue weighted by molar-refractivity contribution is 0.152. The van der Waals surface area contributed by atoms with Crippen LogP contribution in [-0.4, -0.2) is 36.8 Å². The molecule has 1 aromatic carbocycles. The number of likely N-dealkylation sites (tertiary alicyclic amines) is 1. The van der Waals surface area contributed by atoms with Crippen LogP contribution in [0.15, 0.2) is 40.9 Å². The van der Waals surface area contributed by atoms with Gasteiger partial charge in [-0.05, 0) is 56.2 Å². The molecule has 2 aromatic rings. The summed E-state index contributed by atoms with van der Waals surface area (Å²) in [7, 11) is 2.16. The van der Waals surface area contributed by atoms with E-state index in [0.29, 0.717) is 30.8 Å². The van der Waals surface area contributed by atoms with E-state index in [1.165, 1.54) is 12.8 Å². The van der Waals surface area contributed by atoms with Gasteiger partial charge in [0.15, 0.2) is 5.76 Å². The topological polar surface area (TPSA) is 47.7 Å². The number of ether oxygens (including phenoxy) is 2. The van der Waals surface area contributed by atoms with E-state index in [0.717, 1.165) is 18.8 Å². The van der Waals surface area contributed by atoms with Crippen molar-refractivity contribution in [3.05, 3.63) is 42.2 Å². The zero-order valence-electron chi connectivity index (χ0n) is 13.3. The molecule has 23 heavy (non-hydrogen) atoms. The Hall–Kier alpha value is -1.72. The Balaban J connectivity index is 0.00000192. The van der Waals surface area contributed by atoms with Gasteiger partial charge in [0.05, 0.1) is 6.61 Å². The Bertz CT molecular complexity index is 568. The summed E-state index contributed by atoms with van der Waals surface area (Å²) in [6.07, 6.45) is 2.36. The van der Waals surface area contributed by atoms with Gasteiger partial charge in [-0.3, -0.25) is 0 Å². The second-order valence-corrected chi connectivity index (χ2v) is 5.79. The van der Waals surface area contributed by atoms with Crippen LogP contribution in [0.5, 0.6) is 11.6 Å². The molecule has 5 nitrogen and oxygen atoms in total. The van der Waals surface area contributed by atoms with Gasteiger partial charge < -0.3 is 18.9 Å². The van der Waals surface area contributed by atoms with Crippen molar-refractivity contribution in [2.75, 3.05) is 26.7 Å². The fourth-order valence-electron chi connectivity index (χ4n) is 2.53. The molecule has 1 fully saturated rings. The van der Waals surface area contributed by atoms with Crippen LogP contribution in [0.1, 0.15) is 18.6 Å². The average Bonchev–Trinajstić information content (AvgIpc) is 3.01. The number of hydrogen-bond acceptors (Lipinski definition) is 5. The van der Waals surface area contributed by atoms with Crippen molar-refractivity contribution in [2.45, 2.75) is 19.4 Å². The van der Waals surface area contributed by atoms with Crippen LogP contribution in [-0.2, 0) is 6.61 Å². The second-order valence-electron chi connectivity index (χ2n) is 5.79. The number of aromatic nitrogens is 1. The summed E-state index contributed by atoms with van der Waals surface area (Å²) < 4.78 is 16.6. The lowest BCUT2D eigenvalue weighted by Crippen LogP contribution is -2.32. The highest BCUT2D eigenvalue weighted by atomic mass is 35.5. The van der Waals surface area contributed by atoms with E-state index in [-0.39, 0.29) is 12.4 Å². The first-order valence-electron chi connectivity index (χ1n) is 7.74. The predicted molar refractivity (Wildman–Crippen MR) is 90.2 cm³/mol. The summed E-state index contributed by atoms with van der Waals surface area (Å²) in [5, 5.41) is 3.94. The van der Waals surface area contributed by atoms with Crippen molar-refractivity contribution in [3.8, 4) is 11.6 Å². The van der Waals surface area contributed by atoms with Crippen molar-refractivity contribution in [1.82, 2.24) is 10.1 Å². The van der Waals surface area contributed by atoms with Crippen molar-refractivity contribution in [2.24, 2.45) is 5.92 Å². The van der Waals surface area contributed by atoms with Gasteiger partial charge >= 0.3 is 0 Å². The number of para-hydroxylation sites is 1. The van der Waals surface area contributed by atoms with Crippen molar-refractivity contribution in [1.29, 1.82) is 0 Å². The lowest BCUT2D eigenvalue weighted by Gasteiger charge is -2.28. The summed E-state index contributed by atoms with van der Waals surface area (Å²) in [6, 6.07) is 11.5. The van der Waals surface area contributed by atoms with Gasteiger partial charge in [0.1, 0.15) is 12.4 Å². The van der Waals surface area contributed by atoms with E-state index in [9.17, 15) is 0 Å². The average molecular weight is 339 g/mol. The Morgan fingerprint density at radius 1 is 1.17 bits per heavy atom. The van der Waals surface area contributed by atoms with E-state index in [1.54, 1.807) is 6.07 Å². The highest BCUT2D eigenvalue weighted by Crippen LogP contribution is 2.19. The minimum absolute atomic E-state index is 0. The first-order chi connectivity index (χ1) is 10.8. The molecule has 0 bridgehead atoms. The number of rotatable bonds is 6. The number of benzene rings is 1. The van der Waals surface area contributed by atoms with Crippen LogP contribution >= 0.6 is 12.4 Å². The van der Waals surface area contributed by atoms with Gasteiger partial charge in [-0.1, -0.05) is 18.2 Å². The highest BCUT2D eigenvalue weighted by molar-refractivity contribution is 5.85. The Labute approximate surface area is 143 Å². The van der Waals surface area contributed by atoms with Crippen LogP contribution in [0.4, 0.5) is 0 Å². The van der Waals surface area contributed by atoms with Crippen LogP contribution < -0.4 is 9.47 Å². The van der Waals surface area contributed by atoms with E-state index >= 15 is 0 Å². The molecule has 1 aliphatic rings. The quantitative estimate of drug-likeness (QED) is 0.808. The lowest BCUT2D eigenvalue weighted by atomic mass is 9.98. The molecule has 0 aliphatic carbocycles. The molecule has 0 atom stereocenters. The van der Waals surface area contributed by atoms with Crippen LogP contribution in [0.2, 0.25) is 0 Å². The number of piperidine rings is 1. The van der Waals surface area contributed by atoms with Crippen molar-refractivity contribution < 1.29 is 14.0 Å². The molecule has 6 heteroatoms. The first-order valence-corrected chi connectivity index (χ1v) is 7.74. The van der Waals surface area contributed by atoms with Gasteiger partial charge in [0, 0.05) is 6.07 Å². The molecule has 0 spiro atoms. The second kappa shape index (κ2) is 8.79. The minimum atomic E-state index is 0. The molecule has 2 heterocycles. The molecule has 1 aromatic heterocycles. The number of hydrogen-bond donors (Lipinski definition) is 0. The maximum Gasteiger partial charge on any atom is 0.254 e. The zero-order chi connectivity index (χ0) is 15.2. The Morgan fingerprint density at radius 3 is 2.65 bits per heavy atom. The van der Waals surface area contributed by atoms with Gasteiger partial charge in [0.25, 0.3) is 5.88 Å². The molecular weight excluding hydrogens is 316 g/mol. The third-order valence-electron chi connectivity index (χ3n) is 3.97. The first kappa shape index (κ1) is 17.6. The molecular formula is C17H23ClN2O3. The van der Waals surface area contributed by atoms with Crippen molar-refractivity contribution >= 4 is 12.4 Å². The molecule has 0 amide bonds. The summed E-state index contributed by atoms with van der Waals surface area (Å²) in [5.74, 6) is 2.64. The number of halogens is 1. The molecule has 1 aliphatic heterocycles. The monoisotopic (exact) mass is 338 g/mol. The molecule has 0 unspecified atom stereocenters. The Kier molecular flexibility index (Phi) is 6.74. The molecule has 0 radical (unpaired) electrons. The largest absolute Gasteiger partial charge is 0.486 e. The van der Waals surface area contributed by atoms with E-state index in [1.807, 2.05) is 30.3 Å². The molecule has 1 saturated heterocycles. The van der Waals surface area contributed by atoms with Gasteiger partial charge in [-0.15, -0.1) is 12.4 Å². The maximum absolute atomic E-state index is 5.73. The molecule has 126 valence electrons. The fraction of sp³-hybridized carbons (Fsp3) is 0.471. The molecule has 0 saturated carbocycles. The van der Waals surface area contributed by atoms with Crippen LogP contribution in [0, 0.1) is 5.92 Å². The Morgan fingerprint density at radius 2 is 1.91 bits per heavy atom. The minimum Gasteiger partial charge on any atom is -0.486 e. The standard InChI is InChI=1S/C17H22N2O3.ClH/c1-19-9-7-14(8-10-19)12-21-17-11-16(22-18-17)13-20-15-5-3-2-4-6-15;/h2-6,11,14H,7-10,12-13H2,1H3;1H. The smallest absolute Gasteiger partial charge is 0.254 e. The van der Waals surface area contributed by atoms with Gasteiger partial charge in [0.2, 0.25) is 0 Å². The summed E-state index contributed by atoms with van der Waals surface area (Å²) in [4.78, 5) is 2.35. The SMILES string of the molecule is CN1CCC(COc2cc(COc3ccccc3)on2)CC1.Cl. The maximum atomic E-state index is 5.73. The van der Waals surface area contributed by atoms with Crippen LogP contribution in [0.3, 0.4) is 0 Å². The third kappa shape index (κ3) is 5.44. The third-order valence-corrected chi connectivity index (χ3v) is 3.97. The fourth-order valence-corrected chi connectivity index (χ4v) is 2.53. The van der Waals surface area contributed by atoms with E-state index < -0.39 is 0 Å². The van der Waals surface area contributed by atoms with E-state index in [4.69, 9.17) is 14.0 Å². The highest BCUT2D eigenvalue weighted by Gasteiger charge is 2.18. The molecule has 0 N–H and O–H groups in total. The van der Waals surface area contributed by atoms with Crippen LogP contribution in [0.25, 0.3) is 0 Å². The summed E-state index contributed by atoms with van der Waals surface area (Å²) >= 11 is 0. The van der Waals surface area contributed by atoms with E-state index in [2.05, 4.69) is 17.1 Å². The van der Waals surface area contributed by atoms with Gasteiger partial charge in [-0.2, -0.15) is 0 Å². The summed E-state index contributed by atoms with van der Waals surface area (Å²) in [5.41, 5.74) is 0. The predicted octanol–water partition coefficient (Wildman–Crippen LogP) is 3.40. The molecule has 3 rings (SSSR count). The van der Waals surface area contributed by atoms with Crippen molar-refractivity contribution in [3.63, 3.8) is 0 Å². The zero-order valence-corrected chi connectivity index (χ0v) is 14.1. The normalized spacial score (nSPS) is 15.9.